The molecule has 0 saturated heterocycles. The Morgan fingerprint density at radius 2 is 1.76 bits per heavy atom. The molecule has 4 rings (SSSR count). The number of pyridine rings is 2. The van der Waals surface area contributed by atoms with Gasteiger partial charge >= 0.3 is 0 Å². The van der Waals surface area contributed by atoms with Gasteiger partial charge in [0.25, 0.3) is 0 Å². The number of rotatable bonds is 6. The van der Waals surface area contributed by atoms with Crippen LogP contribution in [0.3, 0.4) is 0 Å². The molecular weight excluding hydrogens is 440 g/mol. The Morgan fingerprint density at radius 3 is 2.39 bits per heavy atom. The van der Waals surface area contributed by atoms with Gasteiger partial charge in [-0.1, -0.05) is 30.3 Å². The van der Waals surface area contributed by atoms with Gasteiger partial charge in [0.05, 0.1) is 11.4 Å². The van der Waals surface area contributed by atoms with Gasteiger partial charge in [-0.15, -0.1) is 0 Å². The molecule has 0 aliphatic carbocycles. The third kappa shape index (κ3) is 5.24. The Morgan fingerprint density at radius 1 is 1.00 bits per heavy atom. The molecule has 0 atom stereocenters. The minimum absolute atomic E-state index is 0.0538. The fraction of sp³-hybridized carbons (Fsp3) is 0.130. The summed E-state index contributed by atoms with van der Waals surface area (Å²) < 4.78 is 26.3. The number of amides is 1. The number of aromatic nitrogens is 4. The van der Waals surface area contributed by atoms with Crippen LogP contribution in [0, 0.1) is 0 Å². The highest BCUT2D eigenvalue weighted by molar-refractivity contribution is 7.90. The molecule has 1 amide bonds. The molecule has 1 aromatic carbocycles. The molecule has 0 bridgehead atoms. The zero-order valence-corrected chi connectivity index (χ0v) is 19.1. The number of carbonyl (C=O) groups is 1. The van der Waals surface area contributed by atoms with E-state index in [4.69, 9.17) is 0 Å². The van der Waals surface area contributed by atoms with E-state index in [9.17, 15) is 13.2 Å². The lowest BCUT2D eigenvalue weighted by atomic mass is 10.1. The molecule has 4 aromatic rings. The number of aryl methyl sites for hydroxylation is 1. The van der Waals surface area contributed by atoms with E-state index in [1.807, 2.05) is 36.4 Å². The Labute approximate surface area is 191 Å². The van der Waals surface area contributed by atoms with E-state index in [0.717, 1.165) is 11.8 Å². The highest BCUT2D eigenvalue weighted by Gasteiger charge is 2.16. The standard InChI is InChI=1S/C23H22N6O3S/c1-15(30)25-21-13-20(18(14-24-21)19-9-10-29(2)28-19)26-22-11-17(16-7-5-4-6-8-16)12-23(27-22)33(3,31)32/h4-14H,1-3H3,(H2,24,25,26,27,30). The number of benzene rings is 1. The molecule has 33 heavy (non-hydrogen) atoms. The normalized spacial score (nSPS) is 11.2. The van der Waals surface area contributed by atoms with Crippen molar-refractivity contribution in [2.24, 2.45) is 7.05 Å². The smallest absolute Gasteiger partial charge is 0.222 e. The van der Waals surface area contributed by atoms with Crippen molar-refractivity contribution in [2.75, 3.05) is 16.9 Å². The first-order valence-corrected chi connectivity index (χ1v) is 11.9. The SMILES string of the molecule is CC(=O)Nc1cc(Nc2cc(-c3ccccc3)cc(S(C)(=O)=O)n2)c(-c2ccn(C)n2)cn1. The highest BCUT2D eigenvalue weighted by atomic mass is 32.2. The topological polar surface area (TPSA) is 119 Å². The molecule has 0 saturated carbocycles. The van der Waals surface area contributed by atoms with Crippen molar-refractivity contribution >= 4 is 33.1 Å². The largest absolute Gasteiger partial charge is 0.339 e. The predicted molar refractivity (Wildman–Crippen MR) is 127 cm³/mol. The van der Waals surface area contributed by atoms with Crippen molar-refractivity contribution in [2.45, 2.75) is 11.9 Å². The van der Waals surface area contributed by atoms with Gasteiger partial charge in [-0.3, -0.25) is 9.48 Å². The Hall–Kier alpha value is -4.05. The molecule has 168 valence electrons. The van der Waals surface area contributed by atoms with E-state index in [2.05, 4.69) is 25.7 Å². The van der Waals surface area contributed by atoms with Gasteiger partial charge in [0, 0.05) is 44.3 Å². The van der Waals surface area contributed by atoms with Crippen LogP contribution in [0.15, 0.2) is 72.0 Å². The van der Waals surface area contributed by atoms with Gasteiger partial charge in [-0.05, 0) is 29.3 Å². The van der Waals surface area contributed by atoms with Crippen LogP contribution in [0.4, 0.5) is 17.3 Å². The van der Waals surface area contributed by atoms with Crippen LogP contribution >= 0.6 is 0 Å². The van der Waals surface area contributed by atoms with Crippen molar-refractivity contribution in [3.05, 3.63) is 67.0 Å². The van der Waals surface area contributed by atoms with Crippen LogP contribution in [-0.2, 0) is 21.7 Å². The highest BCUT2D eigenvalue weighted by Crippen LogP contribution is 2.32. The van der Waals surface area contributed by atoms with E-state index in [1.54, 1.807) is 42.3 Å². The quantitative estimate of drug-likeness (QED) is 0.449. The molecule has 0 fully saturated rings. The van der Waals surface area contributed by atoms with Crippen molar-refractivity contribution in [3.8, 4) is 22.4 Å². The predicted octanol–water partition coefficient (Wildman–Crippen LogP) is 3.65. The fourth-order valence-electron chi connectivity index (χ4n) is 3.26. The minimum atomic E-state index is -3.57. The molecule has 0 unspecified atom stereocenters. The summed E-state index contributed by atoms with van der Waals surface area (Å²) >= 11 is 0. The number of carbonyl (C=O) groups excluding carboxylic acids is 1. The van der Waals surface area contributed by atoms with Crippen molar-refractivity contribution in [1.29, 1.82) is 0 Å². The maximum absolute atomic E-state index is 12.3. The second kappa shape index (κ2) is 8.83. The first kappa shape index (κ1) is 22.2. The first-order chi connectivity index (χ1) is 15.7. The summed E-state index contributed by atoms with van der Waals surface area (Å²) in [7, 11) is -1.76. The Bertz CT molecular complexity index is 1430. The van der Waals surface area contributed by atoms with Crippen LogP contribution in [0.1, 0.15) is 6.92 Å². The molecule has 0 radical (unpaired) electrons. The summed E-state index contributed by atoms with van der Waals surface area (Å²) in [6, 6.07) is 16.2. The van der Waals surface area contributed by atoms with E-state index in [0.29, 0.717) is 34.1 Å². The number of nitrogens with zero attached hydrogens (tertiary/aromatic N) is 4. The van der Waals surface area contributed by atoms with Gasteiger partial charge < -0.3 is 10.6 Å². The summed E-state index contributed by atoms with van der Waals surface area (Å²) in [5.74, 6) is 0.406. The van der Waals surface area contributed by atoms with Crippen LogP contribution in [0.2, 0.25) is 0 Å². The lowest BCUT2D eigenvalue weighted by Gasteiger charge is -2.14. The number of anilines is 3. The summed E-state index contributed by atoms with van der Waals surface area (Å²) in [5, 5.41) is 10.2. The average molecular weight is 463 g/mol. The molecule has 2 N–H and O–H groups in total. The summed E-state index contributed by atoms with van der Waals surface area (Å²) in [6.07, 6.45) is 4.51. The molecule has 0 aliphatic rings. The van der Waals surface area contributed by atoms with Crippen molar-refractivity contribution in [1.82, 2.24) is 19.7 Å². The van der Waals surface area contributed by atoms with Crippen LogP contribution < -0.4 is 10.6 Å². The van der Waals surface area contributed by atoms with Gasteiger partial charge in [0.1, 0.15) is 11.6 Å². The van der Waals surface area contributed by atoms with Gasteiger partial charge in [-0.2, -0.15) is 5.10 Å². The molecule has 0 spiro atoms. The summed E-state index contributed by atoms with van der Waals surface area (Å²) in [6.45, 7) is 1.39. The maximum atomic E-state index is 12.3. The van der Waals surface area contributed by atoms with Crippen molar-refractivity contribution in [3.63, 3.8) is 0 Å². The number of nitrogens with one attached hydrogen (secondary N) is 2. The Balaban J connectivity index is 1.84. The number of sulfone groups is 1. The van der Waals surface area contributed by atoms with Gasteiger partial charge in [-0.25, -0.2) is 18.4 Å². The number of hydrogen-bond acceptors (Lipinski definition) is 7. The Kier molecular flexibility index (Phi) is 5.93. The van der Waals surface area contributed by atoms with E-state index in [1.165, 1.54) is 6.92 Å². The number of hydrogen-bond donors (Lipinski definition) is 2. The molecule has 3 aromatic heterocycles. The molecule has 3 heterocycles. The minimum Gasteiger partial charge on any atom is -0.339 e. The van der Waals surface area contributed by atoms with Crippen LogP contribution in [0.5, 0.6) is 0 Å². The van der Waals surface area contributed by atoms with Crippen LogP contribution in [0.25, 0.3) is 22.4 Å². The zero-order chi connectivity index (χ0) is 23.6. The van der Waals surface area contributed by atoms with E-state index >= 15 is 0 Å². The van der Waals surface area contributed by atoms with E-state index in [-0.39, 0.29) is 10.9 Å². The maximum Gasteiger partial charge on any atom is 0.222 e. The molecule has 9 nitrogen and oxygen atoms in total. The summed E-state index contributed by atoms with van der Waals surface area (Å²) in [4.78, 5) is 20.1. The third-order valence-corrected chi connectivity index (χ3v) is 5.72. The first-order valence-electron chi connectivity index (χ1n) is 10.0. The molecular formula is C23H22N6O3S. The van der Waals surface area contributed by atoms with Crippen LogP contribution in [-0.4, -0.2) is 40.3 Å². The molecule has 10 heteroatoms. The zero-order valence-electron chi connectivity index (χ0n) is 18.3. The van der Waals surface area contributed by atoms with Crippen molar-refractivity contribution < 1.29 is 13.2 Å². The lowest BCUT2D eigenvalue weighted by Crippen LogP contribution is -2.09. The average Bonchev–Trinajstić information content (AvgIpc) is 3.19. The van der Waals surface area contributed by atoms with Gasteiger partial charge in [0.15, 0.2) is 14.9 Å². The second-order valence-corrected chi connectivity index (χ2v) is 9.48. The summed E-state index contributed by atoms with van der Waals surface area (Å²) in [5.41, 5.74) is 3.43. The molecule has 0 aliphatic heterocycles. The monoisotopic (exact) mass is 462 g/mol. The fourth-order valence-corrected chi connectivity index (χ4v) is 3.87. The van der Waals surface area contributed by atoms with Gasteiger partial charge in [0.2, 0.25) is 5.91 Å². The lowest BCUT2D eigenvalue weighted by molar-refractivity contribution is -0.114. The third-order valence-electron chi connectivity index (χ3n) is 4.75. The second-order valence-electron chi connectivity index (χ2n) is 7.51. The van der Waals surface area contributed by atoms with E-state index < -0.39 is 9.84 Å².